The SMILES string of the molecule is CC(C)C(=O)O.CC(C)CCCCCCCCCCCCCO. The molecule has 0 bridgehead atoms. The minimum Gasteiger partial charge on any atom is -0.481 e. The van der Waals surface area contributed by atoms with Crippen LogP contribution in [0.1, 0.15) is 105 Å². The molecule has 0 saturated heterocycles. The quantitative estimate of drug-likeness (QED) is 0.381. The van der Waals surface area contributed by atoms with Gasteiger partial charge in [0.2, 0.25) is 0 Å². The molecule has 0 amide bonds. The molecule has 0 fully saturated rings. The van der Waals surface area contributed by atoms with Crippen LogP contribution in [-0.4, -0.2) is 22.8 Å². The maximum atomic E-state index is 9.70. The molecule has 0 aromatic heterocycles. The van der Waals surface area contributed by atoms with Gasteiger partial charge in [0.25, 0.3) is 0 Å². The summed E-state index contributed by atoms with van der Waals surface area (Å²) in [5, 5.41) is 16.6. The molecule has 0 heterocycles. The minimum absolute atomic E-state index is 0.231. The van der Waals surface area contributed by atoms with E-state index in [0.29, 0.717) is 6.61 Å². The summed E-state index contributed by atoms with van der Waals surface area (Å²) in [6.45, 7) is 8.29. The zero-order chi connectivity index (χ0) is 17.9. The summed E-state index contributed by atoms with van der Waals surface area (Å²) >= 11 is 0. The molecule has 2 N–H and O–H groups in total. The molecule has 0 aliphatic rings. The maximum absolute atomic E-state index is 9.70. The van der Waals surface area contributed by atoms with E-state index in [1.807, 2.05) is 0 Å². The molecule has 0 unspecified atom stereocenters. The third-order valence-electron chi connectivity index (χ3n) is 3.93. The second-order valence-electron chi connectivity index (χ2n) is 7.29. The van der Waals surface area contributed by atoms with Gasteiger partial charge in [0.1, 0.15) is 0 Å². The molecule has 0 aliphatic carbocycles. The number of aliphatic carboxylic acids is 1. The molecule has 0 rings (SSSR count). The molecule has 0 radical (unpaired) electrons. The normalized spacial score (nSPS) is 10.7. The Morgan fingerprint density at radius 3 is 1.26 bits per heavy atom. The number of carbonyl (C=O) groups is 1. The molecule has 0 aromatic rings. The lowest BCUT2D eigenvalue weighted by Crippen LogP contribution is -2.03. The standard InChI is InChI=1S/C16H34O.C4H8O2/c1-16(2)14-12-10-8-6-4-3-5-7-9-11-13-15-17;1-3(2)4(5)6/h16-17H,3-15H2,1-2H3;3H,1-2H3,(H,5,6). The number of rotatable bonds is 14. The molecule has 0 aliphatic heterocycles. The van der Waals surface area contributed by atoms with Crippen LogP contribution >= 0.6 is 0 Å². The van der Waals surface area contributed by atoms with Crippen molar-refractivity contribution in [3.8, 4) is 0 Å². The number of aliphatic hydroxyl groups is 1. The number of aliphatic hydroxyl groups excluding tert-OH is 1. The van der Waals surface area contributed by atoms with Crippen LogP contribution in [-0.2, 0) is 4.79 Å². The summed E-state index contributed by atoms with van der Waals surface area (Å²) in [4.78, 5) is 9.70. The van der Waals surface area contributed by atoms with E-state index in [-0.39, 0.29) is 5.92 Å². The third-order valence-corrected chi connectivity index (χ3v) is 3.93. The summed E-state index contributed by atoms with van der Waals surface area (Å²) in [6.07, 6.45) is 16.3. The van der Waals surface area contributed by atoms with Crippen LogP contribution in [0.4, 0.5) is 0 Å². The lowest BCUT2D eigenvalue weighted by molar-refractivity contribution is -0.140. The molecular formula is C20H42O3. The van der Waals surface area contributed by atoms with Gasteiger partial charge in [-0.1, -0.05) is 98.3 Å². The first-order chi connectivity index (χ1) is 10.9. The van der Waals surface area contributed by atoms with Gasteiger partial charge in [-0.25, -0.2) is 0 Å². The van der Waals surface area contributed by atoms with Crippen LogP contribution in [0.5, 0.6) is 0 Å². The summed E-state index contributed by atoms with van der Waals surface area (Å²) in [5.74, 6) is -0.0890. The fourth-order valence-corrected chi connectivity index (χ4v) is 2.26. The Morgan fingerprint density at radius 1 is 0.696 bits per heavy atom. The van der Waals surface area contributed by atoms with E-state index in [9.17, 15) is 4.79 Å². The molecule has 3 nitrogen and oxygen atoms in total. The Labute approximate surface area is 144 Å². The highest BCUT2D eigenvalue weighted by Gasteiger charge is 1.99. The van der Waals surface area contributed by atoms with E-state index in [0.717, 1.165) is 12.3 Å². The fourth-order valence-electron chi connectivity index (χ4n) is 2.26. The molecule has 0 atom stereocenters. The van der Waals surface area contributed by atoms with Crippen molar-refractivity contribution in [2.75, 3.05) is 6.61 Å². The fraction of sp³-hybridized carbons (Fsp3) is 0.950. The topological polar surface area (TPSA) is 57.5 Å². The van der Waals surface area contributed by atoms with Crippen LogP contribution in [0.3, 0.4) is 0 Å². The lowest BCUT2D eigenvalue weighted by atomic mass is 10.0. The van der Waals surface area contributed by atoms with Gasteiger partial charge in [-0.15, -0.1) is 0 Å². The van der Waals surface area contributed by atoms with E-state index in [1.165, 1.54) is 70.6 Å². The van der Waals surface area contributed by atoms with E-state index in [1.54, 1.807) is 13.8 Å². The Morgan fingerprint density at radius 2 is 1.00 bits per heavy atom. The molecular weight excluding hydrogens is 288 g/mol. The van der Waals surface area contributed by atoms with E-state index in [4.69, 9.17) is 10.2 Å². The van der Waals surface area contributed by atoms with Crippen LogP contribution < -0.4 is 0 Å². The zero-order valence-corrected chi connectivity index (χ0v) is 16.1. The Bertz CT molecular complexity index is 237. The van der Waals surface area contributed by atoms with Crippen molar-refractivity contribution in [1.82, 2.24) is 0 Å². The van der Waals surface area contributed by atoms with E-state index in [2.05, 4.69) is 13.8 Å². The first-order valence-corrected chi connectivity index (χ1v) is 9.75. The van der Waals surface area contributed by atoms with Gasteiger partial charge in [0.15, 0.2) is 0 Å². The highest BCUT2D eigenvalue weighted by molar-refractivity contribution is 5.68. The predicted octanol–water partition coefficient (Wildman–Crippen LogP) is 6.04. The Balaban J connectivity index is 0. The van der Waals surface area contributed by atoms with Crippen molar-refractivity contribution >= 4 is 5.97 Å². The molecule has 23 heavy (non-hydrogen) atoms. The van der Waals surface area contributed by atoms with E-state index >= 15 is 0 Å². The molecule has 0 saturated carbocycles. The van der Waals surface area contributed by atoms with Crippen molar-refractivity contribution in [2.24, 2.45) is 11.8 Å². The summed E-state index contributed by atoms with van der Waals surface area (Å²) in [6, 6.07) is 0. The van der Waals surface area contributed by atoms with Crippen molar-refractivity contribution in [3.05, 3.63) is 0 Å². The Hall–Kier alpha value is -0.570. The number of carboxylic acids is 1. The second kappa shape index (κ2) is 19.5. The van der Waals surface area contributed by atoms with Gasteiger partial charge < -0.3 is 10.2 Å². The first kappa shape index (κ1) is 24.7. The molecule has 0 aromatic carbocycles. The largest absolute Gasteiger partial charge is 0.481 e. The van der Waals surface area contributed by atoms with Crippen molar-refractivity contribution in [3.63, 3.8) is 0 Å². The zero-order valence-electron chi connectivity index (χ0n) is 16.1. The van der Waals surface area contributed by atoms with E-state index < -0.39 is 5.97 Å². The monoisotopic (exact) mass is 330 g/mol. The van der Waals surface area contributed by atoms with Gasteiger partial charge in [0.05, 0.1) is 5.92 Å². The molecule has 140 valence electrons. The molecule has 0 spiro atoms. The lowest BCUT2D eigenvalue weighted by Gasteiger charge is -2.04. The number of hydrogen-bond donors (Lipinski definition) is 2. The third kappa shape index (κ3) is 26.6. The van der Waals surface area contributed by atoms with Gasteiger partial charge in [-0.05, 0) is 12.3 Å². The molecule has 3 heteroatoms. The first-order valence-electron chi connectivity index (χ1n) is 9.75. The summed E-state index contributed by atoms with van der Waals surface area (Å²) in [7, 11) is 0. The Kier molecular flexibility index (Phi) is 20.9. The van der Waals surface area contributed by atoms with Crippen LogP contribution in [0.15, 0.2) is 0 Å². The van der Waals surface area contributed by atoms with Gasteiger partial charge in [-0.3, -0.25) is 4.79 Å². The van der Waals surface area contributed by atoms with Gasteiger partial charge in [-0.2, -0.15) is 0 Å². The van der Waals surface area contributed by atoms with Gasteiger partial charge in [0, 0.05) is 6.61 Å². The maximum Gasteiger partial charge on any atom is 0.305 e. The van der Waals surface area contributed by atoms with Crippen LogP contribution in [0.25, 0.3) is 0 Å². The van der Waals surface area contributed by atoms with Crippen molar-refractivity contribution in [2.45, 2.75) is 105 Å². The van der Waals surface area contributed by atoms with Crippen LogP contribution in [0, 0.1) is 11.8 Å². The number of hydrogen-bond acceptors (Lipinski definition) is 2. The number of unbranched alkanes of at least 4 members (excludes halogenated alkanes) is 10. The highest BCUT2D eigenvalue weighted by atomic mass is 16.4. The smallest absolute Gasteiger partial charge is 0.305 e. The average Bonchev–Trinajstić information content (AvgIpc) is 2.48. The summed E-state index contributed by atoms with van der Waals surface area (Å²) in [5.41, 5.74) is 0. The van der Waals surface area contributed by atoms with Crippen LogP contribution in [0.2, 0.25) is 0 Å². The van der Waals surface area contributed by atoms with Crippen molar-refractivity contribution in [1.29, 1.82) is 0 Å². The predicted molar refractivity (Wildman–Crippen MR) is 99.8 cm³/mol. The second-order valence-corrected chi connectivity index (χ2v) is 7.29. The minimum atomic E-state index is -0.741. The number of carboxylic acid groups (broad SMARTS) is 1. The summed E-state index contributed by atoms with van der Waals surface area (Å²) < 4.78 is 0. The highest BCUT2D eigenvalue weighted by Crippen LogP contribution is 2.13. The van der Waals surface area contributed by atoms with Crippen molar-refractivity contribution < 1.29 is 15.0 Å². The van der Waals surface area contributed by atoms with Gasteiger partial charge >= 0.3 is 5.97 Å². The average molecular weight is 331 g/mol.